The van der Waals surface area contributed by atoms with Crippen LogP contribution in [0.2, 0.25) is 0 Å². The third kappa shape index (κ3) is 4.82. The van der Waals surface area contributed by atoms with Crippen LogP contribution in [0.4, 0.5) is 0 Å². The molecule has 0 bridgehead atoms. The second-order valence-electron chi connectivity index (χ2n) is 5.46. The molecule has 1 saturated carbocycles. The molecule has 1 aliphatic carbocycles. The van der Waals surface area contributed by atoms with Crippen molar-refractivity contribution in [1.82, 2.24) is 5.32 Å². The molecule has 1 aromatic carbocycles. The van der Waals surface area contributed by atoms with E-state index in [-0.39, 0.29) is 5.91 Å². The molecule has 20 heavy (non-hydrogen) atoms. The minimum Gasteiger partial charge on any atom is -0.497 e. The third-order valence-corrected chi connectivity index (χ3v) is 4.64. The van der Waals surface area contributed by atoms with Crippen molar-refractivity contribution in [3.63, 3.8) is 0 Å². The molecule has 3 nitrogen and oxygen atoms in total. The fraction of sp³-hybridized carbons (Fsp3) is 0.562. The van der Waals surface area contributed by atoms with Gasteiger partial charge < -0.3 is 10.1 Å². The number of methoxy groups -OCH3 is 1. The molecule has 0 radical (unpaired) electrons. The number of rotatable bonds is 5. The molecule has 0 spiro atoms. The Morgan fingerprint density at radius 3 is 3.05 bits per heavy atom. The third-order valence-electron chi connectivity index (χ3n) is 3.81. The lowest BCUT2D eigenvalue weighted by atomic mass is 9.89. The van der Waals surface area contributed by atoms with Crippen molar-refractivity contribution in [2.45, 2.75) is 36.9 Å². The normalized spacial score (nSPS) is 22.3. The molecule has 110 valence electrons. The Kier molecular flexibility index (Phi) is 5.89. The van der Waals surface area contributed by atoms with Gasteiger partial charge in [-0.15, -0.1) is 0 Å². The summed E-state index contributed by atoms with van der Waals surface area (Å²) in [5.41, 5.74) is 0.990. The van der Waals surface area contributed by atoms with Crippen molar-refractivity contribution in [2.24, 2.45) is 5.92 Å². The smallest absolute Gasteiger partial charge is 0.224 e. The lowest BCUT2D eigenvalue weighted by molar-refractivity contribution is -0.120. The van der Waals surface area contributed by atoms with E-state index >= 15 is 0 Å². The predicted octanol–water partition coefficient (Wildman–Crippen LogP) is 3.31. The minimum atomic E-state index is 0.0925. The zero-order chi connectivity index (χ0) is 14.4. The first-order chi connectivity index (χ1) is 9.67. The number of alkyl halides is 1. The fourth-order valence-corrected chi connectivity index (χ4v) is 3.55. The fourth-order valence-electron chi connectivity index (χ4n) is 2.70. The SMILES string of the molecule is COc1cccc(CC(=O)NCC2CCCC(Br)C2)c1. The minimum absolute atomic E-state index is 0.0925. The molecule has 1 amide bonds. The van der Waals surface area contributed by atoms with Gasteiger partial charge >= 0.3 is 0 Å². The number of carbonyl (C=O) groups is 1. The molecule has 1 aromatic rings. The molecule has 0 aliphatic heterocycles. The summed E-state index contributed by atoms with van der Waals surface area (Å²) < 4.78 is 5.17. The Balaban J connectivity index is 1.77. The molecule has 2 rings (SSSR count). The summed E-state index contributed by atoms with van der Waals surface area (Å²) in [6, 6.07) is 7.67. The van der Waals surface area contributed by atoms with Gasteiger partial charge in [0, 0.05) is 11.4 Å². The van der Waals surface area contributed by atoms with Crippen molar-refractivity contribution in [2.75, 3.05) is 13.7 Å². The van der Waals surface area contributed by atoms with E-state index in [1.54, 1.807) is 7.11 Å². The molecule has 1 N–H and O–H groups in total. The highest BCUT2D eigenvalue weighted by Crippen LogP contribution is 2.28. The van der Waals surface area contributed by atoms with Crippen LogP contribution in [-0.2, 0) is 11.2 Å². The summed E-state index contributed by atoms with van der Waals surface area (Å²) in [6.07, 6.45) is 5.32. The highest BCUT2D eigenvalue weighted by Gasteiger charge is 2.20. The first-order valence-electron chi connectivity index (χ1n) is 7.21. The highest BCUT2D eigenvalue weighted by atomic mass is 79.9. The quantitative estimate of drug-likeness (QED) is 0.835. The number of nitrogens with one attached hydrogen (secondary N) is 1. The van der Waals surface area contributed by atoms with E-state index in [0.29, 0.717) is 17.2 Å². The van der Waals surface area contributed by atoms with Gasteiger partial charge in [-0.1, -0.05) is 34.5 Å². The number of benzene rings is 1. The second-order valence-corrected chi connectivity index (χ2v) is 6.76. The molecule has 2 unspecified atom stereocenters. The molecule has 0 aromatic heterocycles. The number of hydrogen-bond acceptors (Lipinski definition) is 2. The van der Waals surface area contributed by atoms with Crippen LogP contribution in [0.1, 0.15) is 31.2 Å². The van der Waals surface area contributed by atoms with Crippen LogP contribution in [0.3, 0.4) is 0 Å². The number of hydrogen-bond donors (Lipinski definition) is 1. The molecular formula is C16H22BrNO2. The van der Waals surface area contributed by atoms with E-state index < -0.39 is 0 Å². The molecule has 1 fully saturated rings. The van der Waals surface area contributed by atoms with Gasteiger partial charge in [-0.3, -0.25) is 4.79 Å². The van der Waals surface area contributed by atoms with Gasteiger partial charge in [-0.2, -0.15) is 0 Å². The van der Waals surface area contributed by atoms with Gasteiger partial charge in [-0.25, -0.2) is 0 Å². The maximum Gasteiger partial charge on any atom is 0.224 e. The van der Waals surface area contributed by atoms with Gasteiger partial charge in [0.05, 0.1) is 13.5 Å². The van der Waals surface area contributed by atoms with E-state index in [1.165, 1.54) is 25.7 Å². The lowest BCUT2D eigenvalue weighted by Gasteiger charge is -2.25. The number of carbonyl (C=O) groups excluding carboxylic acids is 1. The summed E-state index contributed by atoms with van der Waals surface area (Å²) in [4.78, 5) is 12.6. The Bertz CT molecular complexity index is 450. The number of amides is 1. The molecular weight excluding hydrogens is 318 g/mol. The highest BCUT2D eigenvalue weighted by molar-refractivity contribution is 9.09. The maximum absolute atomic E-state index is 12.0. The van der Waals surface area contributed by atoms with E-state index in [0.717, 1.165) is 17.9 Å². The first-order valence-corrected chi connectivity index (χ1v) is 8.12. The summed E-state index contributed by atoms with van der Waals surface area (Å²) in [5, 5.41) is 3.06. The Labute approximate surface area is 129 Å². The van der Waals surface area contributed by atoms with Gasteiger partial charge in [0.15, 0.2) is 0 Å². The number of halogens is 1. The second kappa shape index (κ2) is 7.67. The standard InChI is InChI=1S/C16H22BrNO2/c1-20-15-7-3-4-12(9-15)10-16(19)18-11-13-5-2-6-14(17)8-13/h3-4,7,9,13-14H,2,5-6,8,10-11H2,1H3,(H,18,19). The average Bonchev–Trinajstić information content (AvgIpc) is 2.45. The molecule has 4 heteroatoms. The van der Waals surface area contributed by atoms with Crippen molar-refractivity contribution in [3.8, 4) is 5.75 Å². The van der Waals surface area contributed by atoms with Gasteiger partial charge in [0.25, 0.3) is 0 Å². The average molecular weight is 340 g/mol. The Morgan fingerprint density at radius 1 is 1.45 bits per heavy atom. The zero-order valence-electron chi connectivity index (χ0n) is 11.9. The van der Waals surface area contributed by atoms with Gasteiger partial charge in [-0.05, 0) is 42.9 Å². The Hall–Kier alpha value is -1.03. The van der Waals surface area contributed by atoms with E-state index in [4.69, 9.17) is 4.74 Å². The Morgan fingerprint density at radius 2 is 2.30 bits per heavy atom. The van der Waals surface area contributed by atoms with Crippen molar-refractivity contribution in [3.05, 3.63) is 29.8 Å². The van der Waals surface area contributed by atoms with Crippen LogP contribution in [0.25, 0.3) is 0 Å². The van der Waals surface area contributed by atoms with Crippen LogP contribution >= 0.6 is 15.9 Å². The monoisotopic (exact) mass is 339 g/mol. The van der Waals surface area contributed by atoms with E-state index in [9.17, 15) is 4.79 Å². The number of ether oxygens (including phenoxy) is 1. The van der Waals surface area contributed by atoms with Crippen LogP contribution in [0, 0.1) is 5.92 Å². The van der Waals surface area contributed by atoms with E-state index in [1.807, 2.05) is 24.3 Å². The topological polar surface area (TPSA) is 38.3 Å². The summed E-state index contributed by atoms with van der Waals surface area (Å²) >= 11 is 3.68. The molecule has 0 saturated heterocycles. The zero-order valence-corrected chi connectivity index (χ0v) is 13.5. The molecule has 2 atom stereocenters. The van der Waals surface area contributed by atoms with Crippen molar-refractivity contribution < 1.29 is 9.53 Å². The van der Waals surface area contributed by atoms with Gasteiger partial charge in [0.2, 0.25) is 5.91 Å². The summed E-state index contributed by atoms with van der Waals surface area (Å²) in [6.45, 7) is 0.797. The predicted molar refractivity (Wildman–Crippen MR) is 84.4 cm³/mol. The molecule has 1 aliphatic rings. The lowest BCUT2D eigenvalue weighted by Crippen LogP contribution is -2.32. The van der Waals surface area contributed by atoms with Crippen LogP contribution < -0.4 is 10.1 Å². The first kappa shape index (κ1) is 15.4. The van der Waals surface area contributed by atoms with Crippen LogP contribution in [0.15, 0.2) is 24.3 Å². The largest absolute Gasteiger partial charge is 0.497 e. The van der Waals surface area contributed by atoms with E-state index in [2.05, 4.69) is 21.2 Å². The maximum atomic E-state index is 12.0. The van der Waals surface area contributed by atoms with Crippen LogP contribution in [0.5, 0.6) is 5.75 Å². The summed E-state index contributed by atoms with van der Waals surface area (Å²) in [7, 11) is 1.64. The van der Waals surface area contributed by atoms with Crippen molar-refractivity contribution >= 4 is 21.8 Å². The van der Waals surface area contributed by atoms with Gasteiger partial charge in [0.1, 0.15) is 5.75 Å². The molecule has 0 heterocycles. The summed E-state index contributed by atoms with van der Waals surface area (Å²) in [5.74, 6) is 1.50. The van der Waals surface area contributed by atoms with Crippen LogP contribution in [-0.4, -0.2) is 24.4 Å². The van der Waals surface area contributed by atoms with Crippen molar-refractivity contribution in [1.29, 1.82) is 0 Å².